The van der Waals surface area contributed by atoms with Crippen molar-refractivity contribution in [1.29, 1.82) is 0 Å². The van der Waals surface area contributed by atoms with E-state index in [-0.39, 0.29) is 22.3 Å². The van der Waals surface area contributed by atoms with Crippen LogP contribution in [0.2, 0.25) is 0 Å². The van der Waals surface area contributed by atoms with Crippen LogP contribution in [0.1, 0.15) is 5.56 Å². The maximum Gasteiger partial charge on any atom is 0.346 e. The lowest BCUT2D eigenvalue weighted by molar-refractivity contribution is -0.387. The highest BCUT2D eigenvalue weighted by Gasteiger charge is 2.28. The third-order valence-electron chi connectivity index (χ3n) is 3.75. The smallest absolute Gasteiger partial charge is 0.346 e. The van der Waals surface area contributed by atoms with Crippen molar-refractivity contribution in [1.82, 2.24) is 10.6 Å². The summed E-state index contributed by atoms with van der Waals surface area (Å²) in [5.41, 5.74) is 0.0972. The third-order valence-corrected chi connectivity index (χ3v) is 5.24. The molecule has 0 aliphatic carbocycles. The summed E-state index contributed by atoms with van der Waals surface area (Å²) in [7, 11) is -3.21. The Balaban J connectivity index is 1.94. The number of amides is 1. The molecule has 0 atom stereocenters. The maximum atomic E-state index is 12.6. The van der Waals surface area contributed by atoms with Crippen molar-refractivity contribution in [2.45, 2.75) is 4.90 Å². The first-order valence-electron chi connectivity index (χ1n) is 7.91. The molecule has 0 unspecified atom stereocenters. The Morgan fingerprint density at radius 3 is 2.48 bits per heavy atom. The van der Waals surface area contributed by atoms with Crippen LogP contribution in [0.5, 0.6) is 11.5 Å². The number of carbonyl (C=O) groups is 1. The predicted molar refractivity (Wildman–Crippen MR) is 106 cm³/mol. The minimum absolute atomic E-state index is 0.0440. The lowest BCUT2D eigenvalue weighted by Gasteiger charge is -2.11. The van der Waals surface area contributed by atoms with Crippen LogP contribution in [0, 0.1) is 10.1 Å². The van der Waals surface area contributed by atoms with Gasteiger partial charge in [-0.1, -0.05) is 18.2 Å². The van der Waals surface area contributed by atoms with Crippen LogP contribution in [-0.4, -0.2) is 31.5 Å². The average Bonchev–Trinajstić information content (AvgIpc) is 2.99. The monoisotopic (exact) mass is 435 g/mol. The van der Waals surface area contributed by atoms with Crippen molar-refractivity contribution in [3.63, 3.8) is 0 Å². The molecule has 0 aromatic heterocycles. The van der Waals surface area contributed by atoms with Gasteiger partial charge in [-0.15, -0.1) is 0 Å². The van der Waals surface area contributed by atoms with Gasteiger partial charge in [-0.05, 0) is 42.1 Å². The van der Waals surface area contributed by atoms with E-state index >= 15 is 0 Å². The summed E-state index contributed by atoms with van der Waals surface area (Å²) in [5.74, 6) is -0.539. The molecule has 2 N–H and O–H groups in total. The molecule has 0 bridgehead atoms. The molecule has 0 radical (unpaired) electrons. The number of hydrogen-bond donors (Lipinski definition) is 2. The number of nitro benzene ring substituents is 1. The normalized spacial score (nSPS) is 15.0. The van der Waals surface area contributed by atoms with E-state index in [0.29, 0.717) is 5.56 Å². The number of hydrogen-bond acceptors (Lipinski definition) is 8. The zero-order chi connectivity index (χ0) is 21.2. The van der Waals surface area contributed by atoms with Gasteiger partial charge in [0.05, 0.1) is 12.0 Å². The summed E-state index contributed by atoms with van der Waals surface area (Å²) in [4.78, 5) is 21.4. The van der Waals surface area contributed by atoms with Crippen LogP contribution in [0.15, 0.2) is 53.1 Å². The van der Waals surface area contributed by atoms with Gasteiger partial charge in [0.1, 0.15) is 5.70 Å². The van der Waals surface area contributed by atoms with Gasteiger partial charge in [-0.25, -0.2) is 0 Å². The molecule has 1 fully saturated rings. The van der Waals surface area contributed by atoms with Gasteiger partial charge in [-0.2, -0.15) is 8.42 Å². The molecule has 0 spiro atoms. The number of methoxy groups -OCH3 is 1. The summed E-state index contributed by atoms with van der Waals surface area (Å²) >= 11 is 4.85. The second-order valence-electron chi connectivity index (χ2n) is 5.64. The fraction of sp³-hybridized carbons (Fsp3) is 0.0588. The molecule has 0 saturated carbocycles. The van der Waals surface area contributed by atoms with Crippen molar-refractivity contribution in [3.8, 4) is 11.5 Å². The SMILES string of the molecule is COc1cc(/C=C2/NC(=S)NC2=O)ccc1OS(=O)(=O)c1ccccc1[N+](=O)[O-]. The van der Waals surface area contributed by atoms with Crippen LogP contribution in [0.3, 0.4) is 0 Å². The van der Waals surface area contributed by atoms with Gasteiger partial charge in [0, 0.05) is 6.07 Å². The van der Waals surface area contributed by atoms with Crippen molar-refractivity contribution < 1.29 is 27.1 Å². The number of ether oxygens (including phenoxy) is 1. The number of benzene rings is 2. The fourth-order valence-corrected chi connectivity index (χ4v) is 3.78. The van der Waals surface area contributed by atoms with Gasteiger partial charge < -0.3 is 14.2 Å². The second-order valence-corrected chi connectivity index (χ2v) is 7.56. The van der Waals surface area contributed by atoms with E-state index in [1.54, 1.807) is 0 Å². The Labute approximate surface area is 170 Å². The van der Waals surface area contributed by atoms with Crippen molar-refractivity contribution in [3.05, 3.63) is 63.8 Å². The highest BCUT2D eigenvalue weighted by Crippen LogP contribution is 2.33. The van der Waals surface area contributed by atoms with Crippen LogP contribution < -0.4 is 19.6 Å². The standard InChI is InChI=1S/C17H13N3O7S2/c1-26-14-9-10(8-11-16(21)19-17(28)18-11)6-7-13(14)27-29(24,25)15-5-3-2-4-12(15)20(22)23/h2-9H,1H3,(H2,18,19,21,28)/b11-8+. The molecule has 29 heavy (non-hydrogen) atoms. The van der Waals surface area contributed by atoms with E-state index in [1.807, 2.05) is 0 Å². The van der Waals surface area contributed by atoms with Crippen molar-refractivity contribution >= 4 is 45.1 Å². The Hall–Kier alpha value is -3.51. The van der Waals surface area contributed by atoms with Crippen molar-refractivity contribution in [2.24, 2.45) is 0 Å². The zero-order valence-corrected chi connectivity index (χ0v) is 16.4. The Morgan fingerprint density at radius 1 is 1.14 bits per heavy atom. The quantitative estimate of drug-likeness (QED) is 0.228. The number of nitrogens with one attached hydrogen (secondary N) is 2. The number of carbonyl (C=O) groups excluding carboxylic acids is 1. The Kier molecular flexibility index (Phi) is 5.48. The number of rotatable bonds is 6. The van der Waals surface area contributed by atoms with Crippen LogP contribution in [-0.2, 0) is 14.9 Å². The first-order chi connectivity index (χ1) is 13.7. The van der Waals surface area contributed by atoms with Gasteiger partial charge in [0.2, 0.25) is 0 Å². The van der Waals surface area contributed by atoms with Crippen LogP contribution >= 0.6 is 12.2 Å². The van der Waals surface area contributed by atoms with E-state index < -0.39 is 31.5 Å². The predicted octanol–water partition coefficient (Wildman–Crippen LogP) is 1.72. The van der Waals surface area contributed by atoms with Crippen LogP contribution in [0.4, 0.5) is 5.69 Å². The maximum absolute atomic E-state index is 12.6. The van der Waals surface area contributed by atoms with Gasteiger partial charge >= 0.3 is 10.1 Å². The molecule has 1 aliphatic rings. The summed E-state index contributed by atoms with van der Waals surface area (Å²) in [6.45, 7) is 0. The second kappa shape index (κ2) is 7.85. The first kappa shape index (κ1) is 20.2. The van der Waals surface area contributed by atoms with E-state index in [2.05, 4.69) is 10.6 Å². The number of thiocarbonyl (C=S) groups is 1. The van der Waals surface area contributed by atoms with Gasteiger partial charge in [-0.3, -0.25) is 20.2 Å². The lowest BCUT2D eigenvalue weighted by atomic mass is 10.1. The molecular formula is C17H13N3O7S2. The van der Waals surface area contributed by atoms with E-state index in [0.717, 1.165) is 12.1 Å². The average molecular weight is 435 g/mol. The molecule has 1 saturated heterocycles. The fourth-order valence-electron chi connectivity index (χ4n) is 2.47. The number of para-hydroxylation sites is 1. The zero-order valence-electron chi connectivity index (χ0n) is 14.7. The van der Waals surface area contributed by atoms with E-state index in [1.165, 1.54) is 43.5 Å². The highest BCUT2D eigenvalue weighted by molar-refractivity contribution is 7.87. The topological polar surface area (TPSA) is 137 Å². The molecule has 3 rings (SSSR count). The summed E-state index contributed by atoms with van der Waals surface area (Å²) in [6, 6.07) is 9.06. The highest BCUT2D eigenvalue weighted by atomic mass is 32.2. The molecule has 10 nitrogen and oxygen atoms in total. The summed E-state index contributed by atoms with van der Waals surface area (Å²) < 4.78 is 35.4. The minimum atomic E-state index is -4.50. The molecule has 1 aliphatic heterocycles. The molecular weight excluding hydrogens is 422 g/mol. The third kappa shape index (κ3) is 4.33. The molecule has 1 amide bonds. The number of nitrogens with zero attached hydrogens (tertiary/aromatic N) is 1. The molecule has 2 aromatic rings. The Morgan fingerprint density at radius 2 is 1.86 bits per heavy atom. The van der Waals surface area contributed by atoms with E-state index in [9.17, 15) is 23.3 Å². The van der Waals surface area contributed by atoms with Gasteiger partial charge in [0.15, 0.2) is 21.5 Å². The van der Waals surface area contributed by atoms with Crippen molar-refractivity contribution in [2.75, 3.05) is 7.11 Å². The lowest BCUT2D eigenvalue weighted by Crippen LogP contribution is -2.21. The molecule has 12 heteroatoms. The van der Waals surface area contributed by atoms with E-state index in [4.69, 9.17) is 21.1 Å². The molecule has 2 aromatic carbocycles. The first-order valence-corrected chi connectivity index (χ1v) is 9.73. The molecule has 1 heterocycles. The number of nitro groups is 1. The Bertz CT molecular complexity index is 1160. The van der Waals surface area contributed by atoms with Crippen LogP contribution in [0.25, 0.3) is 6.08 Å². The summed E-state index contributed by atoms with van der Waals surface area (Å²) in [6.07, 6.45) is 1.48. The molecule has 150 valence electrons. The largest absolute Gasteiger partial charge is 0.493 e. The minimum Gasteiger partial charge on any atom is -0.493 e. The summed E-state index contributed by atoms with van der Waals surface area (Å²) in [5, 5.41) is 16.4. The van der Waals surface area contributed by atoms with Gasteiger partial charge in [0.25, 0.3) is 11.6 Å².